The number of carbonyl (C=O) groups is 1. The van der Waals surface area contributed by atoms with Gasteiger partial charge in [0.1, 0.15) is 6.04 Å². The quantitative estimate of drug-likeness (QED) is 0.793. The van der Waals surface area contributed by atoms with Crippen molar-refractivity contribution >= 4 is 21.9 Å². The van der Waals surface area contributed by atoms with Crippen molar-refractivity contribution in [2.24, 2.45) is 7.05 Å². The number of hydrogen-bond donors (Lipinski definition) is 0. The molecule has 1 unspecified atom stereocenters. The number of likely N-dealkylation sites (tertiary alicyclic amines) is 1. The molecule has 2 heterocycles. The molecule has 1 fully saturated rings. The normalized spacial score (nSPS) is 19.9. The van der Waals surface area contributed by atoms with Crippen LogP contribution in [-0.2, 0) is 23.1 Å². The van der Waals surface area contributed by atoms with Crippen LogP contribution in [0.5, 0.6) is 0 Å². The van der Waals surface area contributed by atoms with Gasteiger partial charge in [0, 0.05) is 13.6 Å². The van der Waals surface area contributed by atoms with Crippen molar-refractivity contribution in [3.05, 3.63) is 15.9 Å². The van der Waals surface area contributed by atoms with Crippen LogP contribution in [0.2, 0.25) is 0 Å². The summed E-state index contributed by atoms with van der Waals surface area (Å²) in [5.74, 6) is -0.102. The highest BCUT2D eigenvalue weighted by atomic mass is 79.9. The molecule has 1 aromatic heterocycles. The van der Waals surface area contributed by atoms with Crippen LogP contribution in [0.3, 0.4) is 0 Å². The highest BCUT2D eigenvalue weighted by Crippen LogP contribution is 2.26. The van der Waals surface area contributed by atoms with E-state index in [1.165, 1.54) is 0 Å². The van der Waals surface area contributed by atoms with Gasteiger partial charge < -0.3 is 4.74 Å². The summed E-state index contributed by atoms with van der Waals surface area (Å²) in [6, 6.07) is -0.109. The Balaban J connectivity index is 2.11. The van der Waals surface area contributed by atoms with Crippen LogP contribution >= 0.6 is 15.9 Å². The van der Waals surface area contributed by atoms with Gasteiger partial charge in [0.15, 0.2) is 0 Å². The Hall–Kier alpha value is -0.880. The molecule has 5 nitrogen and oxygen atoms in total. The number of ether oxygens (including phenoxy) is 1. The molecule has 0 aliphatic carbocycles. The molecule has 1 saturated heterocycles. The number of aryl methyl sites for hydroxylation is 2. The number of carbonyl (C=O) groups excluding carboxylic acids is 1. The zero-order valence-electron chi connectivity index (χ0n) is 11.6. The Kier molecular flexibility index (Phi) is 4.62. The Morgan fingerprint density at radius 3 is 2.89 bits per heavy atom. The summed E-state index contributed by atoms with van der Waals surface area (Å²) in [4.78, 5) is 14.1. The topological polar surface area (TPSA) is 47.4 Å². The summed E-state index contributed by atoms with van der Waals surface area (Å²) in [7, 11) is 1.93. The van der Waals surface area contributed by atoms with E-state index in [9.17, 15) is 4.79 Å². The number of nitrogens with zero attached hydrogens (tertiary/aromatic N) is 3. The van der Waals surface area contributed by atoms with Gasteiger partial charge in [-0.15, -0.1) is 0 Å². The first-order valence-corrected chi connectivity index (χ1v) is 7.42. The van der Waals surface area contributed by atoms with Crippen molar-refractivity contribution in [3.63, 3.8) is 0 Å². The van der Waals surface area contributed by atoms with Crippen molar-refractivity contribution in [2.45, 2.75) is 39.3 Å². The maximum Gasteiger partial charge on any atom is 0.323 e. The molecular formula is C13H20BrN3O2. The third kappa shape index (κ3) is 3.00. The fourth-order valence-electron chi connectivity index (χ4n) is 2.57. The van der Waals surface area contributed by atoms with Gasteiger partial charge in [0.05, 0.1) is 22.5 Å². The molecule has 2 rings (SSSR count). The van der Waals surface area contributed by atoms with Crippen molar-refractivity contribution in [1.29, 1.82) is 0 Å². The molecule has 1 atom stereocenters. The highest BCUT2D eigenvalue weighted by Gasteiger charge is 2.32. The fourth-order valence-corrected chi connectivity index (χ4v) is 3.03. The second kappa shape index (κ2) is 6.05. The summed E-state index contributed by atoms with van der Waals surface area (Å²) in [5.41, 5.74) is 2.08. The van der Waals surface area contributed by atoms with Gasteiger partial charge in [0.25, 0.3) is 0 Å². The number of rotatable bonds is 4. The number of aromatic nitrogens is 2. The molecule has 1 aliphatic rings. The molecule has 0 radical (unpaired) electrons. The van der Waals surface area contributed by atoms with E-state index in [4.69, 9.17) is 4.74 Å². The van der Waals surface area contributed by atoms with E-state index in [1.807, 2.05) is 25.6 Å². The lowest BCUT2D eigenvalue weighted by Crippen LogP contribution is -2.37. The van der Waals surface area contributed by atoms with Crippen LogP contribution in [0.25, 0.3) is 0 Å². The van der Waals surface area contributed by atoms with Crippen molar-refractivity contribution < 1.29 is 9.53 Å². The first kappa shape index (κ1) is 14.5. The smallest absolute Gasteiger partial charge is 0.323 e. The van der Waals surface area contributed by atoms with Crippen LogP contribution in [-0.4, -0.2) is 39.8 Å². The molecule has 0 spiro atoms. The summed E-state index contributed by atoms with van der Waals surface area (Å²) >= 11 is 3.57. The Morgan fingerprint density at radius 1 is 1.58 bits per heavy atom. The maximum absolute atomic E-state index is 11.9. The Labute approximate surface area is 122 Å². The third-order valence-corrected chi connectivity index (χ3v) is 4.57. The lowest BCUT2D eigenvalue weighted by Gasteiger charge is -2.22. The predicted molar refractivity (Wildman–Crippen MR) is 75.7 cm³/mol. The average Bonchev–Trinajstić information content (AvgIpc) is 2.91. The van der Waals surface area contributed by atoms with Gasteiger partial charge in [-0.1, -0.05) is 0 Å². The number of esters is 1. The van der Waals surface area contributed by atoms with E-state index >= 15 is 0 Å². The Morgan fingerprint density at radius 2 is 2.32 bits per heavy atom. The van der Waals surface area contributed by atoms with Gasteiger partial charge in [0.2, 0.25) is 0 Å². The van der Waals surface area contributed by atoms with Gasteiger partial charge in [-0.3, -0.25) is 14.4 Å². The summed E-state index contributed by atoms with van der Waals surface area (Å²) in [6.45, 7) is 5.91. The molecule has 19 heavy (non-hydrogen) atoms. The zero-order valence-corrected chi connectivity index (χ0v) is 13.2. The van der Waals surface area contributed by atoms with E-state index in [2.05, 4.69) is 25.9 Å². The van der Waals surface area contributed by atoms with Crippen LogP contribution in [0.1, 0.15) is 31.2 Å². The van der Waals surface area contributed by atoms with Crippen molar-refractivity contribution in [3.8, 4) is 0 Å². The minimum absolute atomic E-state index is 0.102. The monoisotopic (exact) mass is 329 g/mol. The molecular weight excluding hydrogens is 310 g/mol. The van der Waals surface area contributed by atoms with Crippen LogP contribution in [0.4, 0.5) is 0 Å². The minimum Gasteiger partial charge on any atom is -0.465 e. The predicted octanol–water partition coefficient (Wildman–Crippen LogP) is 2.02. The minimum atomic E-state index is -0.109. The van der Waals surface area contributed by atoms with Gasteiger partial charge in [-0.2, -0.15) is 5.10 Å². The summed E-state index contributed by atoms with van der Waals surface area (Å²) < 4.78 is 8.05. The zero-order chi connectivity index (χ0) is 14.0. The first-order valence-electron chi connectivity index (χ1n) is 6.63. The molecule has 0 saturated carbocycles. The standard InChI is InChI=1S/C13H20BrN3O2/c1-4-19-13(18)10-6-5-7-17(10)8-11-12(14)9(2)15-16(11)3/h10H,4-8H2,1-3H3. The van der Waals surface area contributed by atoms with Crippen molar-refractivity contribution in [1.82, 2.24) is 14.7 Å². The fraction of sp³-hybridized carbons (Fsp3) is 0.692. The van der Waals surface area contributed by atoms with E-state index in [0.29, 0.717) is 6.61 Å². The van der Waals surface area contributed by atoms with E-state index in [1.54, 1.807) is 0 Å². The largest absolute Gasteiger partial charge is 0.465 e. The molecule has 0 amide bonds. The van der Waals surface area contributed by atoms with Gasteiger partial charge in [-0.25, -0.2) is 0 Å². The highest BCUT2D eigenvalue weighted by molar-refractivity contribution is 9.10. The Bertz CT molecular complexity index is 473. The molecule has 0 bridgehead atoms. The molecule has 6 heteroatoms. The van der Waals surface area contributed by atoms with Crippen LogP contribution < -0.4 is 0 Å². The SMILES string of the molecule is CCOC(=O)C1CCCN1Cc1c(Br)c(C)nn1C. The molecule has 0 N–H and O–H groups in total. The maximum atomic E-state index is 11.9. The average molecular weight is 330 g/mol. The number of halogens is 1. The van der Waals surface area contributed by atoms with E-state index < -0.39 is 0 Å². The first-order chi connectivity index (χ1) is 9.04. The molecule has 1 aliphatic heterocycles. The number of hydrogen-bond acceptors (Lipinski definition) is 4. The van der Waals surface area contributed by atoms with E-state index in [0.717, 1.165) is 41.8 Å². The third-order valence-electron chi connectivity index (χ3n) is 3.54. The second-order valence-electron chi connectivity index (χ2n) is 4.85. The lowest BCUT2D eigenvalue weighted by atomic mass is 10.2. The second-order valence-corrected chi connectivity index (χ2v) is 5.64. The van der Waals surface area contributed by atoms with Crippen molar-refractivity contribution in [2.75, 3.05) is 13.2 Å². The van der Waals surface area contributed by atoms with Gasteiger partial charge in [-0.05, 0) is 49.2 Å². The summed E-state index contributed by atoms with van der Waals surface area (Å²) in [5, 5.41) is 4.39. The molecule has 0 aromatic carbocycles. The van der Waals surface area contributed by atoms with Crippen LogP contribution in [0, 0.1) is 6.92 Å². The van der Waals surface area contributed by atoms with Gasteiger partial charge >= 0.3 is 5.97 Å². The molecule has 106 valence electrons. The van der Waals surface area contributed by atoms with Crippen LogP contribution in [0.15, 0.2) is 4.47 Å². The summed E-state index contributed by atoms with van der Waals surface area (Å²) in [6.07, 6.45) is 1.92. The van der Waals surface area contributed by atoms with E-state index in [-0.39, 0.29) is 12.0 Å². The molecule has 1 aromatic rings. The lowest BCUT2D eigenvalue weighted by molar-refractivity contribution is -0.148.